The fourth-order valence-corrected chi connectivity index (χ4v) is 1.30. The van der Waals surface area contributed by atoms with Gasteiger partial charge in [-0.2, -0.15) is 0 Å². The molecule has 0 aromatic heterocycles. The predicted octanol–water partition coefficient (Wildman–Crippen LogP) is 1.94. The lowest BCUT2D eigenvalue weighted by Gasteiger charge is -2.15. The van der Waals surface area contributed by atoms with Crippen molar-refractivity contribution in [3.8, 4) is 5.75 Å². The number of hydrogen-bond donors (Lipinski definition) is 1. The minimum Gasteiger partial charge on any atom is -0.487 e. The molecule has 1 N–H and O–H groups in total. The van der Waals surface area contributed by atoms with Gasteiger partial charge in [0.1, 0.15) is 23.2 Å². The number of halogens is 1. The van der Waals surface area contributed by atoms with E-state index in [4.69, 9.17) is 14.6 Å². The Morgan fingerprint density at radius 1 is 1.56 bits per heavy atom. The van der Waals surface area contributed by atoms with Crippen molar-refractivity contribution in [3.63, 3.8) is 0 Å². The Kier molecular flexibility index (Phi) is 4.25. The second kappa shape index (κ2) is 5.46. The third-order valence-electron chi connectivity index (χ3n) is 1.92. The molecule has 0 aliphatic rings. The van der Waals surface area contributed by atoms with Crippen LogP contribution in [0.1, 0.15) is 17.3 Å². The highest BCUT2D eigenvalue weighted by molar-refractivity contribution is 5.91. The van der Waals surface area contributed by atoms with Crippen molar-refractivity contribution in [1.29, 1.82) is 0 Å². The van der Waals surface area contributed by atoms with E-state index in [0.29, 0.717) is 6.61 Å². The summed E-state index contributed by atoms with van der Waals surface area (Å²) in [7, 11) is 1.50. The molecule has 1 atom stereocenters. The van der Waals surface area contributed by atoms with Crippen molar-refractivity contribution >= 4 is 5.97 Å². The summed E-state index contributed by atoms with van der Waals surface area (Å²) in [6, 6.07) is 3.90. The normalized spacial score (nSPS) is 12.2. The molecule has 5 heteroatoms. The summed E-state index contributed by atoms with van der Waals surface area (Å²) in [6.07, 6.45) is -0.343. The van der Waals surface area contributed by atoms with Crippen LogP contribution >= 0.6 is 0 Å². The van der Waals surface area contributed by atoms with E-state index < -0.39 is 17.3 Å². The predicted molar refractivity (Wildman–Crippen MR) is 55.3 cm³/mol. The standard InChI is InChI=1S/C11H13FO4/c1-7(6-15-2)16-9-5-3-4-8(12)10(9)11(13)14/h3-5,7H,6H2,1-2H3,(H,13,14). The van der Waals surface area contributed by atoms with Crippen molar-refractivity contribution in [2.75, 3.05) is 13.7 Å². The van der Waals surface area contributed by atoms with E-state index in [-0.39, 0.29) is 11.9 Å². The van der Waals surface area contributed by atoms with Gasteiger partial charge in [-0.3, -0.25) is 0 Å². The first kappa shape index (κ1) is 12.4. The van der Waals surface area contributed by atoms with Crippen LogP contribution in [0.5, 0.6) is 5.75 Å². The molecule has 0 saturated heterocycles. The molecule has 0 saturated carbocycles. The summed E-state index contributed by atoms with van der Waals surface area (Å²) in [6.45, 7) is 2.01. The van der Waals surface area contributed by atoms with Crippen LogP contribution in [0.15, 0.2) is 18.2 Å². The summed E-state index contributed by atoms with van der Waals surface area (Å²) in [5.41, 5.74) is -0.453. The van der Waals surface area contributed by atoms with Crippen LogP contribution in [0.4, 0.5) is 4.39 Å². The summed E-state index contributed by atoms with van der Waals surface area (Å²) in [4.78, 5) is 10.8. The number of carboxylic acid groups (broad SMARTS) is 1. The van der Waals surface area contributed by atoms with Gasteiger partial charge in [-0.15, -0.1) is 0 Å². The summed E-state index contributed by atoms with van der Waals surface area (Å²) in [5.74, 6) is -2.15. The quantitative estimate of drug-likeness (QED) is 0.836. The highest BCUT2D eigenvalue weighted by Gasteiger charge is 2.18. The van der Waals surface area contributed by atoms with Gasteiger partial charge in [-0.05, 0) is 19.1 Å². The third kappa shape index (κ3) is 2.93. The molecule has 16 heavy (non-hydrogen) atoms. The summed E-state index contributed by atoms with van der Waals surface area (Å²) < 4.78 is 23.4. The lowest BCUT2D eigenvalue weighted by atomic mass is 10.2. The molecule has 0 fully saturated rings. The fourth-order valence-electron chi connectivity index (χ4n) is 1.30. The summed E-state index contributed by atoms with van der Waals surface area (Å²) in [5, 5.41) is 8.84. The van der Waals surface area contributed by atoms with Gasteiger partial charge < -0.3 is 14.6 Å². The number of aromatic carboxylic acids is 1. The minimum atomic E-state index is -1.35. The zero-order valence-corrected chi connectivity index (χ0v) is 9.07. The molecular weight excluding hydrogens is 215 g/mol. The fraction of sp³-hybridized carbons (Fsp3) is 0.364. The van der Waals surface area contributed by atoms with Crippen LogP contribution in [0.2, 0.25) is 0 Å². The molecule has 0 spiro atoms. The highest BCUT2D eigenvalue weighted by atomic mass is 19.1. The Morgan fingerprint density at radius 2 is 2.25 bits per heavy atom. The van der Waals surface area contributed by atoms with E-state index in [9.17, 15) is 9.18 Å². The SMILES string of the molecule is COCC(C)Oc1cccc(F)c1C(=O)O. The van der Waals surface area contributed by atoms with E-state index in [2.05, 4.69) is 0 Å². The molecule has 1 aromatic carbocycles. The van der Waals surface area contributed by atoms with Gasteiger partial charge in [0.2, 0.25) is 0 Å². The molecule has 1 rings (SSSR count). The van der Waals surface area contributed by atoms with Crippen molar-refractivity contribution in [2.45, 2.75) is 13.0 Å². The molecule has 1 aromatic rings. The van der Waals surface area contributed by atoms with Crippen molar-refractivity contribution in [1.82, 2.24) is 0 Å². The van der Waals surface area contributed by atoms with Gasteiger partial charge in [-0.25, -0.2) is 9.18 Å². The van der Waals surface area contributed by atoms with Gasteiger partial charge in [0.25, 0.3) is 0 Å². The number of carboxylic acids is 1. The first-order chi connectivity index (χ1) is 7.56. The maximum absolute atomic E-state index is 13.2. The van der Waals surface area contributed by atoms with E-state index in [1.807, 2.05) is 0 Å². The zero-order valence-electron chi connectivity index (χ0n) is 9.07. The molecule has 0 radical (unpaired) electrons. The van der Waals surface area contributed by atoms with E-state index in [1.54, 1.807) is 6.92 Å². The Balaban J connectivity index is 2.95. The van der Waals surface area contributed by atoms with Crippen LogP contribution < -0.4 is 4.74 Å². The molecule has 88 valence electrons. The van der Waals surface area contributed by atoms with E-state index in [0.717, 1.165) is 6.07 Å². The van der Waals surface area contributed by atoms with Crippen molar-refractivity contribution in [3.05, 3.63) is 29.6 Å². The molecule has 0 aliphatic carbocycles. The molecule has 0 aliphatic heterocycles. The molecule has 4 nitrogen and oxygen atoms in total. The third-order valence-corrected chi connectivity index (χ3v) is 1.92. The number of ether oxygens (including phenoxy) is 2. The maximum atomic E-state index is 13.2. The maximum Gasteiger partial charge on any atom is 0.342 e. The second-order valence-electron chi connectivity index (χ2n) is 3.30. The van der Waals surface area contributed by atoms with Gasteiger partial charge in [-0.1, -0.05) is 6.07 Å². The second-order valence-corrected chi connectivity index (χ2v) is 3.30. The van der Waals surface area contributed by atoms with Gasteiger partial charge >= 0.3 is 5.97 Å². The average molecular weight is 228 g/mol. The van der Waals surface area contributed by atoms with Crippen LogP contribution in [-0.4, -0.2) is 30.9 Å². The number of hydrogen-bond acceptors (Lipinski definition) is 3. The van der Waals surface area contributed by atoms with Gasteiger partial charge in [0, 0.05) is 7.11 Å². The van der Waals surface area contributed by atoms with Gasteiger partial charge in [0.15, 0.2) is 0 Å². The molecule has 1 unspecified atom stereocenters. The van der Waals surface area contributed by atoms with E-state index in [1.165, 1.54) is 19.2 Å². The van der Waals surface area contributed by atoms with Crippen LogP contribution in [0, 0.1) is 5.82 Å². The Morgan fingerprint density at radius 3 is 2.81 bits per heavy atom. The van der Waals surface area contributed by atoms with Crippen molar-refractivity contribution < 1.29 is 23.8 Å². The highest BCUT2D eigenvalue weighted by Crippen LogP contribution is 2.22. The van der Waals surface area contributed by atoms with Crippen LogP contribution in [-0.2, 0) is 4.74 Å². The number of carbonyl (C=O) groups is 1. The molecule has 0 amide bonds. The van der Waals surface area contributed by atoms with Crippen molar-refractivity contribution in [2.24, 2.45) is 0 Å². The summed E-state index contributed by atoms with van der Waals surface area (Å²) >= 11 is 0. The number of methoxy groups -OCH3 is 1. The zero-order chi connectivity index (χ0) is 12.1. The first-order valence-corrected chi connectivity index (χ1v) is 4.73. The lowest BCUT2D eigenvalue weighted by molar-refractivity contribution is 0.0667. The Labute approximate surface area is 92.6 Å². The topological polar surface area (TPSA) is 55.8 Å². The Hall–Kier alpha value is -1.62. The number of rotatable bonds is 5. The van der Waals surface area contributed by atoms with Crippen LogP contribution in [0.3, 0.4) is 0 Å². The molecule has 0 heterocycles. The first-order valence-electron chi connectivity index (χ1n) is 4.73. The number of benzene rings is 1. The Bertz CT molecular complexity index is 378. The van der Waals surface area contributed by atoms with Crippen LogP contribution in [0.25, 0.3) is 0 Å². The largest absolute Gasteiger partial charge is 0.487 e. The van der Waals surface area contributed by atoms with Gasteiger partial charge in [0.05, 0.1) is 6.61 Å². The smallest absolute Gasteiger partial charge is 0.342 e. The minimum absolute atomic E-state index is 0.0112. The molecular formula is C11H13FO4. The van der Waals surface area contributed by atoms with E-state index >= 15 is 0 Å². The monoisotopic (exact) mass is 228 g/mol. The molecule has 0 bridgehead atoms. The average Bonchev–Trinajstić information content (AvgIpc) is 2.17. The lowest BCUT2D eigenvalue weighted by Crippen LogP contribution is -2.19.